The molecule has 1 heterocycles. The van der Waals surface area contributed by atoms with Gasteiger partial charge in [-0.2, -0.15) is 0 Å². The van der Waals surface area contributed by atoms with Crippen molar-refractivity contribution in [3.05, 3.63) is 47.7 Å². The van der Waals surface area contributed by atoms with Gasteiger partial charge in [-0.3, -0.25) is 4.79 Å². The Morgan fingerprint density at radius 1 is 1.04 bits per heavy atom. The number of hydrogen-bond acceptors (Lipinski definition) is 5. The first-order chi connectivity index (χ1) is 12.5. The van der Waals surface area contributed by atoms with Gasteiger partial charge in [0.05, 0.1) is 20.8 Å². The second-order valence-electron chi connectivity index (χ2n) is 5.70. The number of furan rings is 1. The van der Waals surface area contributed by atoms with Crippen LogP contribution in [0.5, 0.6) is 17.2 Å². The molecule has 3 aromatic rings. The molecule has 0 spiro atoms. The van der Waals surface area contributed by atoms with E-state index in [9.17, 15) is 4.79 Å². The minimum Gasteiger partial charge on any atom is -0.497 e. The Morgan fingerprint density at radius 3 is 2.35 bits per heavy atom. The van der Waals surface area contributed by atoms with Gasteiger partial charge in [0.2, 0.25) is 0 Å². The molecule has 0 fully saturated rings. The lowest BCUT2D eigenvalue weighted by Crippen LogP contribution is -2.12. The van der Waals surface area contributed by atoms with E-state index in [-0.39, 0.29) is 11.7 Å². The molecule has 26 heavy (non-hydrogen) atoms. The first-order valence-electron chi connectivity index (χ1n) is 8.26. The summed E-state index contributed by atoms with van der Waals surface area (Å²) in [5.41, 5.74) is 1.95. The minimum atomic E-state index is -0.341. The number of carbonyl (C=O) groups excluding carboxylic acids is 1. The average Bonchev–Trinajstić information content (AvgIpc) is 2.98. The molecular weight excluding hydrogens is 334 g/mol. The van der Waals surface area contributed by atoms with E-state index in [0.29, 0.717) is 29.4 Å². The summed E-state index contributed by atoms with van der Waals surface area (Å²) in [6, 6.07) is 10.7. The van der Waals surface area contributed by atoms with Crippen LogP contribution in [-0.2, 0) is 0 Å². The largest absolute Gasteiger partial charge is 0.497 e. The van der Waals surface area contributed by atoms with Crippen LogP contribution in [0.2, 0.25) is 0 Å². The van der Waals surface area contributed by atoms with Crippen LogP contribution < -0.4 is 19.5 Å². The number of aryl methyl sites for hydroxylation is 1. The van der Waals surface area contributed by atoms with Crippen molar-refractivity contribution in [3.8, 4) is 17.2 Å². The quantitative estimate of drug-likeness (QED) is 0.709. The SMILES string of the molecule is CCOc1ccc2oc(C(=O)Nc3cc(OC)cc(OC)c3)c(C)c2c1. The summed E-state index contributed by atoms with van der Waals surface area (Å²) >= 11 is 0. The van der Waals surface area contributed by atoms with Crippen LogP contribution in [0.3, 0.4) is 0 Å². The molecule has 0 aliphatic carbocycles. The number of nitrogens with one attached hydrogen (secondary N) is 1. The molecule has 3 rings (SSSR count). The van der Waals surface area contributed by atoms with E-state index in [2.05, 4.69) is 5.32 Å². The molecule has 0 aliphatic rings. The van der Waals surface area contributed by atoms with Crippen molar-refractivity contribution in [3.63, 3.8) is 0 Å². The van der Waals surface area contributed by atoms with Crippen molar-refractivity contribution in [2.75, 3.05) is 26.1 Å². The first-order valence-corrected chi connectivity index (χ1v) is 8.26. The highest BCUT2D eigenvalue weighted by molar-refractivity contribution is 6.06. The fraction of sp³-hybridized carbons (Fsp3) is 0.250. The predicted octanol–water partition coefficient (Wildman–Crippen LogP) is 4.41. The second kappa shape index (κ2) is 7.39. The number of anilines is 1. The van der Waals surface area contributed by atoms with E-state index in [1.54, 1.807) is 38.5 Å². The van der Waals surface area contributed by atoms with E-state index in [1.165, 1.54) is 0 Å². The van der Waals surface area contributed by atoms with Crippen LogP contribution in [0, 0.1) is 6.92 Å². The van der Waals surface area contributed by atoms with Crippen molar-refractivity contribution < 1.29 is 23.4 Å². The van der Waals surface area contributed by atoms with Crippen LogP contribution in [0.15, 0.2) is 40.8 Å². The Bertz CT molecular complexity index is 923. The molecular formula is C20H21NO5. The monoisotopic (exact) mass is 355 g/mol. The zero-order valence-corrected chi connectivity index (χ0v) is 15.2. The van der Waals surface area contributed by atoms with Gasteiger partial charge in [0.15, 0.2) is 5.76 Å². The Kier molecular flexibility index (Phi) is 5.02. The van der Waals surface area contributed by atoms with Crippen molar-refractivity contribution >= 4 is 22.6 Å². The van der Waals surface area contributed by atoms with Crippen molar-refractivity contribution in [1.29, 1.82) is 0 Å². The molecule has 0 unspecified atom stereocenters. The molecule has 0 bridgehead atoms. The van der Waals surface area contributed by atoms with Gasteiger partial charge in [0.1, 0.15) is 22.8 Å². The number of benzene rings is 2. The zero-order chi connectivity index (χ0) is 18.7. The molecule has 1 amide bonds. The fourth-order valence-electron chi connectivity index (χ4n) is 2.74. The summed E-state index contributed by atoms with van der Waals surface area (Å²) in [7, 11) is 3.11. The predicted molar refractivity (Wildman–Crippen MR) is 99.6 cm³/mol. The third-order valence-electron chi connectivity index (χ3n) is 4.03. The third-order valence-corrected chi connectivity index (χ3v) is 4.03. The fourth-order valence-corrected chi connectivity index (χ4v) is 2.74. The highest BCUT2D eigenvalue weighted by Gasteiger charge is 2.19. The lowest BCUT2D eigenvalue weighted by atomic mass is 10.1. The van der Waals surface area contributed by atoms with E-state index in [1.807, 2.05) is 26.0 Å². The molecule has 6 nitrogen and oxygen atoms in total. The van der Waals surface area contributed by atoms with Gasteiger partial charge < -0.3 is 23.9 Å². The molecule has 0 radical (unpaired) electrons. The number of amides is 1. The third kappa shape index (κ3) is 3.44. The molecule has 0 atom stereocenters. The van der Waals surface area contributed by atoms with Crippen LogP contribution >= 0.6 is 0 Å². The summed E-state index contributed by atoms with van der Waals surface area (Å²) < 4.78 is 21.7. The summed E-state index contributed by atoms with van der Waals surface area (Å²) in [4.78, 5) is 12.7. The van der Waals surface area contributed by atoms with Gasteiger partial charge in [-0.25, -0.2) is 0 Å². The second-order valence-corrected chi connectivity index (χ2v) is 5.70. The normalized spacial score (nSPS) is 10.6. The van der Waals surface area contributed by atoms with Crippen LogP contribution in [-0.4, -0.2) is 26.7 Å². The Balaban J connectivity index is 1.91. The maximum atomic E-state index is 12.7. The van der Waals surface area contributed by atoms with Crippen molar-refractivity contribution in [2.45, 2.75) is 13.8 Å². The topological polar surface area (TPSA) is 69.9 Å². The lowest BCUT2D eigenvalue weighted by Gasteiger charge is -2.09. The van der Waals surface area contributed by atoms with E-state index in [0.717, 1.165) is 16.7 Å². The molecule has 2 aromatic carbocycles. The van der Waals surface area contributed by atoms with Crippen LogP contribution in [0.25, 0.3) is 11.0 Å². The lowest BCUT2D eigenvalue weighted by molar-refractivity contribution is 0.0998. The minimum absolute atomic E-state index is 0.260. The molecule has 1 N–H and O–H groups in total. The molecule has 6 heteroatoms. The standard InChI is InChI=1S/C20H21NO5/c1-5-25-14-6-7-18-17(11-14)12(2)19(26-18)20(22)21-13-8-15(23-3)10-16(9-13)24-4/h6-11H,5H2,1-4H3,(H,21,22). The Morgan fingerprint density at radius 2 is 1.73 bits per heavy atom. The van der Waals surface area contributed by atoms with Crippen molar-refractivity contribution in [2.24, 2.45) is 0 Å². The van der Waals surface area contributed by atoms with Gasteiger partial charge in [0.25, 0.3) is 5.91 Å². The number of ether oxygens (including phenoxy) is 3. The summed E-state index contributed by atoms with van der Waals surface area (Å²) in [6.07, 6.45) is 0. The molecule has 1 aromatic heterocycles. The van der Waals surface area contributed by atoms with E-state index >= 15 is 0 Å². The van der Waals surface area contributed by atoms with Gasteiger partial charge >= 0.3 is 0 Å². The Labute approximate surface area is 151 Å². The average molecular weight is 355 g/mol. The molecule has 0 saturated heterocycles. The number of methoxy groups -OCH3 is 2. The number of rotatable bonds is 6. The van der Waals surface area contributed by atoms with Gasteiger partial charge in [-0.1, -0.05) is 0 Å². The highest BCUT2D eigenvalue weighted by Crippen LogP contribution is 2.30. The van der Waals surface area contributed by atoms with Gasteiger partial charge in [0, 0.05) is 34.8 Å². The number of hydrogen-bond donors (Lipinski definition) is 1. The smallest absolute Gasteiger partial charge is 0.291 e. The van der Waals surface area contributed by atoms with E-state index in [4.69, 9.17) is 18.6 Å². The molecule has 0 saturated carbocycles. The molecule has 0 aliphatic heterocycles. The summed E-state index contributed by atoms with van der Waals surface area (Å²) in [6.45, 7) is 4.35. The summed E-state index contributed by atoms with van der Waals surface area (Å²) in [5.74, 6) is 1.83. The summed E-state index contributed by atoms with van der Waals surface area (Å²) in [5, 5.41) is 3.68. The van der Waals surface area contributed by atoms with Gasteiger partial charge in [-0.15, -0.1) is 0 Å². The zero-order valence-electron chi connectivity index (χ0n) is 15.2. The van der Waals surface area contributed by atoms with Gasteiger partial charge in [-0.05, 0) is 32.0 Å². The molecule has 136 valence electrons. The van der Waals surface area contributed by atoms with E-state index < -0.39 is 0 Å². The number of carbonyl (C=O) groups is 1. The van der Waals surface area contributed by atoms with Crippen molar-refractivity contribution in [1.82, 2.24) is 0 Å². The number of fused-ring (bicyclic) bond motifs is 1. The van der Waals surface area contributed by atoms with Crippen LogP contribution in [0.4, 0.5) is 5.69 Å². The maximum Gasteiger partial charge on any atom is 0.291 e. The maximum absolute atomic E-state index is 12.7. The van der Waals surface area contributed by atoms with Crippen LogP contribution in [0.1, 0.15) is 23.0 Å². The Hall–Kier alpha value is -3.15. The first kappa shape index (κ1) is 17.7. The highest BCUT2D eigenvalue weighted by atomic mass is 16.5.